The van der Waals surface area contributed by atoms with Gasteiger partial charge in [-0.3, -0.25) is 9.36 Å². The molecule has 0 unspecified atom stereocenters. The molecule has 3 aromatic rings. The SMILES string of the molecule is CC(C)(C)OC(=O)N1CCC(n2c(=O)ccn3nc4c(F)cccc4c23)CC1. The van der Waals surface area contributed by atoms with Gasteiger partial charge in [-0.1, -0.05) is 6.07 Å². The zero-order valence-corrected chi connectivity index (χ0v) is 16.2. The number of hydrogen-bond donors (Lipinski definition) is 0. The standard InChI is InChI=1S/C20H23FN4O3/c1-20(2,3)28-19(27)23-10-7-13(8-11-23)25-16(26)9-12-24-18(25)14-5-4-6-15(21)17(14)22-24/h4-6,9,12-13H,7-8,10-11H2,1-3H3. The highest BCUT2D eigenvalue weighted by atomic mass is 19.1. The topological polar surface area (TPSA) is 68.8 Å². The van der Waals surface area contributed by atoms with Gasteiger partial charge in [0.15, 0.2) is 5.82 Å². The largest absolute Gasteiger partial charge is 0.444 e. The summed E-state index contributed by atoms with van der Waals surface area (Å²) in [5.41, 5.74) is 0.122. The molecule has 8 heteroatoms. The molecule has 4 rings (SSSR count). The number of halogens is 1. The van der Waals surface area contributed by atoms with Crippen LogP contribution in [0.3, 0.4) is 0 Å². The van der Waals surface area contributed by atoms with Crippen LogP contribution in [0.15, 0.2) is 35.3 Å². The van der Waals surface area contributed by atoms with Crippen molar-refractivity contribution in [2.45, 2.75) is 45.3 Å². The monoisotopic (exact) mass is 386 g/mol. The van der Waals surface area contributed by atoms with Crippen LogP contribution in [0.4, 0.5) is 9.18 Å². The van der Waals surface area contributed by atoms with Crippen LogP contribution in [0.2, 0.25) is 0 Å². The Labute approximate surface area is 161 Å². The Balaban J connectivity index is 1.67. The van der Waals surface area contributed by atoms with Crippen molar-refractivity contribution in [3.63, 3.8) is 0 Å². The van der Waals surface area contributed by atoms with E-state index in [0.29, 0.717) is 37.0 Å². The maximum Gasteiger partial charge on any atom is 0.410 e. The number of ether oxygens (including phenoxy) is 1. The summed E-state index contributed by atoms with van der Waals surface area (Å²) in [6.45, 7) is 6.49. The van der Waals surface area contributed by atoms with Crippen molar-refractivity contribution in [1.82, 2.24) is 19.1 Å². The molecule has 0 spiro atoms. The molecular weight excluding hydrogens is 363 g/mol. The molecule has 148 valence electrons. The van der Waals surface area contributed by atoms with Gasteiger partial charge in [0.25, 0.3) is 5.56 Å². The summed E-state index contributed by atoms with van der Waals surface area (Å²) < 4.78 is 22.8. The molecule has 1 amide bonds. The van der Waals surface area contributed by atoms with Gasteiger partial charge in [-0.2, -0.15) is 5.10 Å². The molecule has 1 aliphatic heterocycles. The van der Waals surface area contributed by atoms with Gasteiger partial charge < -0.3 is 9.64 Å². The van der Waals surface area contributed by atoms with Crippen LogP contribution in [-0.4, -0.2) is 43.9 Å². The number of rotatable bonds is 1. The molecule has 0 radical (unpaired) electrons. The van der Waals surface area contributed by atoms with E-state index in [2.05, 4.69) is 5.10 Å². The third kappa shape index (κ3) is 3.23. The summed E-state index contributed by atoms with van der Waals surface area (Å²) in [6.07, 6.45) is 2.44. The molecule has 28 heavy (non-hydrogen) atoms. The van der Waals surface area contributed by atoms with Gasteiger partial charge in [-0.15, -0.1) is 0 Å². The lowest BCUT2D eigenvalue weighted by molar-refractivity contribution is 0.0188. The zero-order chi connectivity index (χ0) is 20.1. The fourth-order valence-corrected chi connectivity index (χ4v) is 3.73. The smallest absolute Gasteiger partial charge is 0.410 e. The first kappa shape index (κ1) is 18.5. The predicted molar refractivity (Wildman–Crippen MR) is 103 cm³/mol. The van der Waals surface area contributed by atoms with Crippen molar-refractivity contribution in [3.05, 3.63) is 46.6 Å². The number of fused-ring (bicyclic) bond motifs is 3. The summed E-state index contributed by atoms with van der Waals surface area (Å²) >= 11 is 0. The van der Waals surface area contributed by atoms with Gasteiger partial charge in [-0.25, -0.2) is 13.7 Å². The Bertz CT molecular complexity index is 1100. The molecule has 1 fully saturated rings. The first-order valence-corrected chi connectivity index (χ1v) is 9.40. The molecule has 3 heterocycles. The van der Waals surface area contributed by atoms with Crippen LogP contribution in [0, 0.1) is 5.82 Å². The molecule has 0 N–H and O–H groups in total. The van der Waals surface area contributed by atoms with Crippen LogP contribution in [-0.2, 0) is 4.74 Å². The second kappa shape index (κ2) is 6.61. The maximum atomic E-state index is 14.2. The Morgan fingerprint density at radius 3 is 2.61 bits per heavy atom. The van der Waals surface area contributed by atoms with Gasteiger partial charge in [0, 0.05) is 36.8 Å². The van der Waals surface area contributed by atoms with Crippen LogP contribution in [0.25, 0.3) is 16.6 Å². The molecule has 1 saturated heterocycles. The average molecular weight is 386 g/mol. The molecule has 0 bridgehead atoms. The lowest BCUT2D eigenvalue weighted by Crippen LogP contribution is -2.43. The minimum absolute atomic E-state index is 0.0990. The zero-order valence-electron chi connectivity index (χ0n) is 16.2. The Kier molecular flexibility index (Phi) is 4.36. The van der Waals surface area contributed by atoms with Gasteiger partial charge in [0.05, 0.1) is 0 Å². The van der Waals surface area contributed by atoms with Gasteiger partial charge >= 0.3 is 6.09 Å². The van der Waals surface area contributed by atoms with E-state index in [-0.39, 0.29) is 23.2 Å². The average Bonchev–Trinajstić information content (AvgIpc) is 3.01. The number of aromatic nitrogens is 3. The summed E-state index contributed by atoms with van der Waals surface area (Å²) in [5, 5.41) is 4.90. The van der Waals surface area contributed by atoms with Gasteiger partial charge in [0.2, 0.25) is 0 Å². The number of nitrogens with zero attached hydrogens (tertiary/aromatic N) is 4. The molecule has 2 aromatic heterocycles. The van der Waals surface area contributed by atoms with E-state index in [1.807, 2.05) is 20.8 Å². The third-order valence-electron chi connectivity index (χ3n) is 4.96. The Morgan fingerprint density at radius 2 is 1.93 bits per heavy atom. The minimum Gasteiger partial charge on any atom is -0.444 e. The normalized spacial score (nSPS) is 16.1. The summed E-state index contributed by atoms with van der Waals surface area (Å²) in [4.78, 5) is 26.6. The second-order valence-corrected chi connectivity index (χ2v) is 8.13. The number of benzene rings is 1. The van der Waals surface area contributed by atoms with Crippen LogP contribution >= 0.6 is 0 Å². The first-order chi connectivity index (χ1) is 13.2. The number of hydrogen-bond acceptors (Lipinski definition) is 4. The number of carbonyl (C=O) groups is 1. The van der Waals surface area contributed by atoms with E-state index in [1.54, 1.807) is 32.3 Å². The molecule has 7 nitrogen and oxygen atoms in total. The minimum atomic E-state index is -0.545. The van der Waals surface area contributed by atoms with Crippen molar-refractivity contribution in [2.24, 2.45) is 0 Å². The fraction of sp³-hybridized carbons (Fsp3) is 0.450. The van der Waals surface area contributed by atoms with Crippen LogP contribution < -0.4 is 5.56 Å². The molecule has 1 aliphatic rings. The van der Waals surface area contributed by atoms with Crippen LogP contribution in [0.5, 0.6) is 0 Å². The molecule has 0 atom stereocenters. The van der Waals surface area contributed by atoms with E-state index in [4.69, 9.17) is 4.74 Å². The summed E-state index contributed by atoms with van der Waals surface area (Å²) in [5.74, 6) is -0.417. The first-order valence-electron chi connectivity index (χ1n) is 9.40. The fourth-order valence-electron chi connectivity index (χ4n) is 3.73. The number of likely N-dealkylation sites (tertiary alicyclic amines) is 1. The van der Waals surface area contributed by atoms with Gasteiger partial charge in [0.1, 0.15) is 16.8 Å². The quantitative estimate of drug-likeness (QED) is 0.643. The third-order valence-corrected chi connectivity index (χ3v) is 4.96. The van der Waals surface area contributed by atoms with E-state index in [1.165, 1.54) is 12.1 Å². The van der Waals surface area contributed by atoms with Crippen LogP contribution in [0.1, 0.15) is 39.7 Å². The van der Waals surface area contributed by atoms with Crippen molar-refractivity contribution in [1.29, 1.82) is 0 Å². The summed E-state index contributed by atoms with van der Waals surface area (Å²) in [6, 6.07) is 6.09. The van der Waals surface area contributed by atoms with E-state index < -0.39 is 11.4 Å². The number of piperidine rings is 1. The highest BCUT2D eigenvalue weighted by molar-refractivity contribution is 5.92. The second-order valence-electron chi connectivity index (χ2n) is 8.13. The van der Waals surface area contributed by atoms with Crippen molar-refractivity contribution in [3.8, 4) is 0 Å². The highest BCUT2D eigenvalue weighted by Gasteiger charge is 2.29. The maximum absolute atomic E-state index is 14.2. The molecule has 0 saturated carbocycles. The van der Waals surface area contributed by atoms with Crippen molar-refractivity contribution < 1.29 is 13.9 Å². The molecular formula is C20H23FN4O3. The Hall–Kier alpha value is -2.90. The Morgan fingerprint density at radius 1 is 1.21 bits per heavy atom. The number of carbonyl (C=O) groups excluding carboxylic acids is 1. The molecule has 1 aromatic carbocycles. The highest BCUT2D eigenvalue weighted by Crippen LogP contribution is 2.28. The van der Waals surface area contributed by atoms with E-state index in [9.17, 15) is 14.0 Å². The molecule has 0 aliphatic carbocycles. The van der Waals surface area contributed by atoms with E-state index >= 15 is 0 Å². The van der Waals surface area contributed by atoms with Crippen molar-refractivity contribution in [2.75, 3.05) is 13.1 Å². The predicted octanol–water partition coefficient (Wildman–Crippen LogP) is 3.36. The lowest BCUT2D eigenvalue weighted by Gasteiger charge is -2.34. The van der Waals surface area contributed by atoms with Gasteiger partial charge in [-0.05, 0) is 45.7 Å². The van der Waals surface area contributed by atoms with Crippen molar-refractivity contribution >= 4 is 22.6 Å². The lowest BCUT2D eigenvalue weighted by atomic mass is 10.0. The summed E-state index contributed by atoms with van der Waals surface area (Å²) in [7, 11) is 0. The van der Waals surface area contributed by atoms with E-state index in [0.717, 1.165) is 0 Å². The number of amides is 1.